The summed E-state index contributed by atoms with van der Waals surface area (Å²) in [5.41, 5.74) is 5.15. The molecule has 0 atom stereocenters. The molecule has 4 rings (SSSR count). The molecule has 1 fully saturated rings. The van der Waals surface area contributed by atoms with Gasteiger partial charge in [0.25, 0.3) is 0 Å². The average molecular weight is 346 g/mol. The van der Waals surface area contributed by atoms with E-state index >= 15 is 0 Å². The molecule has 25 heavy (non-hydrogen) atoms. The van der Waals surface area contributed by atoms with E-state index in [0.717, 1.165) is 29.9 Å². The van der Waals surface area contributed by atoms with Crippen molar-refractivity contribution in [2.24, 2.45) is 0 Å². The van der Waals surface area contributed by atoms with Crippen molar-refractivity contribution in [1.82, 2.24) is 9.78 Å². The molecular formula is C20H18N4S. The number of nitriles is 1. The van der Waals surface area contributed by atoms with Gasteiger partial charge in [0.05, 0.1) is 23.5 Å². The van der Waals surface area contributed by atoms with Crippen LogP contribution in [0.5, 0.6) is 0 Å². The van der Waals surface area contributed by atoms with Gasteiger partial charge in [0.2, 0.25) is 0 Å². The lowest BCUT2D eigenvalue weighted by Crippen LogP contribution is -2.32. The predicted octanol–water partition coefficient (Wildman–Crippen LogP) is 3.96. The predicted molar refractivity (Wildman–Crippen MR) is 103 cm³/mol. The van der Waals surface area contributed by atoms with Crippen LogP contribution in [0.3, 0.4) is 0 Å². The van der Waals surface area contributed by atoms with Crippen molar-refractivity contribution in [2.75, 3.05) is 29.5 Å². The van der Waals surface area contributed by atoms with Gasteiger partial charge in [-0.2, -0.15) is 22.1 Å². The molecule has 2 heterocycles. The summed E-state index contributed by atoms with van der Waals surface area (Å²) in [5.74, 6) is 2.41. The standard InChI is InChI=1S/C20H18N4S/c21-13-16-1-5-20(6-2-16)24-15-18(14-22-24)17-3-7-19(8-4-17)23-9-11-25-12-10-23/h1-8,14-15H,9-12H2. The van der Waals surface area contributed by atoms with Gasteiger partial charge < -0.3 is 4.90 Å². The largest absolute Gasteiger partial charge is 0.370 e. The third kappa shape index (κ3) is 3.40. The van der Waals surface area contributed by atoms with Crippen molar-refractivity contribution in [1.29, 1.82) is 5.26 Å². The molecule has 1 saturated heterocycles. The van der Waals surface area contributed by atoms with Crippen LogP contribution in [0.2, 0.25) is 0 Å². The zero-order chi connectivity index (χ0) is 17.1. The highest BCUT2D eigenvalue weighted by atomic mass is 32.2. The number of nitrogens with zero attached hydrogens (tertiary/aromatic N) is 4. The van der Waals surface area contributed by atoms with Gasteiger partial charge in [0.15, 0.2) is 0 Å². The molecule has 0 spiro atoms. The molecule has 0 saturated carbocycles. The Labute approximate surface area is 151 Å². The highest BCUT2D eigenvalue weighted by Gasteiger charge is 2.11. The molecular weight excluding hydrogens is 328 g/mol. The SMILES string of the molecule is N#Cc1ccc(-n2cc(-c3ccc(N4CCSCC4)cc3)cn2)cc1. The second-order valence-corrected chi connectivity index (χ2v) is 7.20. The van der Waals surface area contributed by atoms with Crippen molar-refractivity contribution >= 4 is 17.4 Å². The summed E-state index contributed by atoms with van der Waals surface area (Å²) in [7, 11) is 0. The molecule has 1 aliphatic rings. The van der Waals surface area contributed by atoms with Crippen molar-refractivity contribution in [2.45, 2.75) is 0 Å². The Balaban J connectivity index is 1.54. The summed E-state index contributed by atoms with van der Waals surface area (Å²) in [6.07, 6.45) is 3.90. The highest BCUT2D eigenvalue weighted by molar-refractivity contribution is 7.99. The van der Waals surface area contributed by atoms with E-state index in [1.54, 1.807) is 0 Å². The van der Waals surface area contributed by atoms with Gasteiger partial charge in [-0.05, 0) is 42.0 Å². The lowest BCUT2D eigenvalue weighted by molar-refractivity contribution is 0.859. The Bertz CT molecular complexity index is 885. The van der Waals surface area contributed by atoms with Crippen molar-refractivity contribution in [3.8, 4) is 22.9 Å². The first-order valence-electron chi connectivity index (χ1n) is 8.32. The van der Waals surface area contributed by atoms with Gasteiger partial charge in [-0.3, -0.25) is 0 Å². The second-order valence-electron chi connectivity index (χ2n) is 5.98. The fourth-order valence-corrected chi connectivity index (χ4v) is 3.89. The van der Waals surface area contributed by atoms with Crippen molar-refractivity contribution < 1.29 is 0 Å². The zero-order valence-corrected chi connectivity index (χ0v) is 14.6. The Kier molecular flexibility index (Phi) is 4.45. The van der Waals surface area contributed by atoms with Crippen LogP contribution in [-0.4, -0.2) is 34.4 Å². The van der Waals surface area contributed by atoms with E-state index in [1.165, 1.54) is 17.2 Å². The van der Waals surface area contributed by atoms with Gasteiger partial charge in [-0.15, -0.1) is 0 Å². The number of benzene rings is 2. The van der Waals surface area contributed by atoms with Crippen LogP contribution >= 0.6 is 11.8 Å². The molecule has 4 nitrogen and oxygen atoms in total. The molecule has 0 aliphatic carbocycles. The van der Waals surface area contributed by atoms with E-state index in [4.69, 9.17) is 5.26 Å². The topological polar surface area (TPSA) is 44.9 Å². The van der Waals surface area contributed by atoms with Gasteiger partial charge >= 0.3 is 0 Å². The number of rotatable bonds is 3. The molecule has 124 valence electrons. The molecule has 0 unspecified atom stereocenters. The van der Waals surface area contributed by atoms with Gasteiger partial charge in [-0.25, -0.2) is 4.68 Å². The molecule has 2 aromatic carbocycles. The minimum absolute atomic E-state index is 0.655. The third-order valence-electron chi connectivity index (χ3n) is 4.42. The van der Waals surface area contributed by atoms with E-state index in [-0.39, 0.29) is 0 Å². The first kappa shape index (κ1) is 15.8. The first-order valence-corrected chi connectivity index (χ1v) is 9.47. The number of thioether (sulfide) groups is 1. The van der Waals surface area contributed by atoms with E-state index in [0.29, 0.717) is 5.56 Å². The van der Waals surface area contributed by atoms with Crippen LogP contribution < -0.4 is 4.90 Å². The summed E-state index contributed by atoms with van der Waals surface area (Å²) in [4.78, 5) is 2.44. The smallest absolute Gasteiger partial charge is 0.0991 e. The van der Waals surface area contributed by atoms with Gasteiger partial charge in [0, 0.05) is 42.0 Å². The van der Waals surface area contributed by atoms with Crippen LogP contribution in [0.4, 0.5) is 5.69 Å². The van der Waals surface area contributed by atoms with E-state index in [1.807, 2.05) is 53.1 Å². The zero-order valence-electron chi connectivity index (χ0n) is 13.8. The maximum atomic E-state index is 8.89. The summed E-state index contributed by atoms with van der Waals surface area (Å²) in [5, 5.41) is 13.3. The normalized spacial score (nSPS) is 14.3. The third-order valence-corrected chi connectivity index (χ3v) is 5.36. The quantitative estimate of drug-likeness (QED) is 0.720. The van der Waals surface area contributed by atoms with Gasteiger partial charge in [-0.1, -0.05) is 12.1 Å². The molecule has 5 heteroatoms. The second kappa shape index (κ2) is 7.04. The molecule has 0 radical (unpaired) electrons. The maximum Gasteiger partial charge on any atom is 0.0991 e. The molecule has 0 bridgehead atoms. The van der Waals surface area contributed by atoms with Crippen LogP contribution in [0.1, 0.15) is 5.56 Å². The minimum atomic E-state index is 0.655. The first-order chi connectivity index (χ1) is 12.3. The number of anilines is 1. The molecule has 0 N–H and O–H groups in total. The fourth-order valence-electron chi connectivity index (χ4n) is 2.99. The van der Waals surface area contributed by atoms with E-state index < -0.39 is 0 Å². The average Bonchev–Trinajstić information content (AvgIpc) is 3.19. The van der Waals surface area contributed by atoms with Crippen LogP contribution in [0, 0.1) is 11.3 Å². The lowest BCUT2D eigenvalue weighted by Gasteiger charge is -2.28. The summed E-state index contributed by atoms with van der Waals surface area (Å²) in [6, 6.07) is 18.3. The monoisotopic (exact) mass is 346 g/mol. The number of aromatic nitrogens is 2. The van der Waals surface area contributed by atoms with Gasteiger partial charge in [0.1, 0.15) is 0 Å². The summed E-state index contributed by atoms with van der Waals surface area (Å²) >= 11 is 2.03. The van der Waals surface area contributed by atoms with E-state index in [9.17, 15) is 0 Å². The maximum absolute atomic E-state index is 8.89. The van der Waals surface area contributed by atoms with E-state index in [2.05, 4.69) is 40.3 Å². The Morgan fingerprint density at radius 2 is 1.56 bits per heavy atom. The van der Waals surface area contributed by atoms with Crippen LogP contribution in [-0.2, 0) is 0 Å². The number of hydrogen-bond donors (Lipinski definition) is 0. The fraction of sp³-hybridized carbons (Fsp3) is 0.200. The van der Waals surface area contributed by atoms with Crippen molar-refractivity contribution in [3.63, 3.8) is 0 Å². The molecule has 1 aliphatic heterocycles. The van der Waals surface area contributed by atoms with Crippen LogP contribution in [0.15, 0.2) is 60.9 Å². The van der Waals surface area contributed by atoms with Crippen LogP contribution in [0.25, 0.3) is 16.8 Å². The highest BCUT2D eigenvalue weighted by Crippen LogP contribution is 2.25. The Morgan fingerprint density at radius 1 is 0.880 bits per heavy atom. The summed E-state index contributed by atoms with van der Waals surface area (Å²) in [6.45, 7) is 2.25. The lowest BCUT2D eigenvalue weighted by atomic mass is 10.1. The Morgan fingerprint density at radius 3 is 2.24 bits per heavy atom. The van der Waals surface area contributed by atoms with Crippen molar-refractivity contribution in [3.05, 3.63) is 66.5 Å². The number of hydrogen-bond acceptors (Lipinski definition) is 4. The Hall–Kier alpha value is -2.71. The molecule has 0 amide bonds. The minimum Gasteiger partial charge on any atom is -0.370 e. The molecule has 1 aromatic heterocycles. The molecule has 3 aromatic rings. The summed E-state index contributed by atoms with van der Waals surface area (Å²) < 4.78 is 1.84.